The molecule has 5 nitrogen and oxygen atoms in total. The van der Waals surface area contributed by atoms with Crippen LogP contribution >= 0.6 is 0 Å². The van der Waals surface area contributed by atoms with Crippen LogP contribution in [-0.2, 0) is 17.8 Å². The van der Waals surface area contributed by atoms with E-state index < -0.39 is 0 Å². The van der Waals surface area contributed by atoms with Gasteiger partial charge in [0.1, 0.15) is 0 Å². The van der Waals surface area contributed by atoms with E-state index in [1.54, 1.807) is 6.08 Å². The molecule has 0 aliphatic rings. The van der Waals surface area contributed by atoms with Crippen LogP contribution in [-0.4, -0.2) is 27.2 Å². The highest BCUT2D eigenvalue weighted by Gasteiger charge is 2.10. The molecule has 0 saturated heterocycles. The molecule has 2 aromatic heterocycles. The van der Waals surface area contributed by atoms with E-state index in [2.05, 4.69) is 58.7 Å². The molecule has 31 heavy (non-hydrogen) atoms. The van der Waals surface area contributed by atoms with Crippen molar-refractivity contribution in [3.05, 3.63) is 94.4 Å². The molecule has 0 aliphatic heterocycles. The average Bonchev–Trinajstić information content (AvgIpc) is 3.29. The Kier molecular flexibility index (Phi) is 6.03. The van der Waals surface area contributed by atoms with E-state index >= 15 is 0 Å². The maximum absolute atomic E-state index is 12.3. The van der Waals surface area contributed by atoms with Gasteiger partial charge in [-0.3, -0.25) is 9.48 Å². The van der Waals surface area contributed by atoms with Gasteiger partial charge in [-0.1, -0.05) is 48.0 Å². The molecule has 0 fully saturated rings. The molecule has 0 saturated carbocycles. The highest BCUT2D eigenvalue weighted by molar-refractivity contribution is 5.92. The lowest BCUT2D eigenvalue weighted by molar-refractivity contribution is -0.116. The fraction of sp³-hybridized carbons (Fsp3) is 0.231. The van der Waals surface area contributed by atoms with Crippen molar-refractivity contribution in [3.8, 4) is 0 Å². The number of carbonyl (C=O) groups excluding carboxylic acids is 1. The van der Waals surface area contributed by atoms with E-state index in [0.29, 0.717) is 6.54 Å². The number of aryl methyl sites for hydroxylation is 2. The number of aromatic nitrogens is 3. The Morgan fingerprint density at radius 2 is 1.87 bits per heavy atom. The number of amides is 1. The maximum atomic E-state index is 12.3. The SMILES string of the molecule is Cc1ccc(Cn2nc(C)c(/C=C/C(=O)NCCc3c[nH]c4ccccc34)c2C)cc1. The van der Waals surface area contributed by atoms with Crippen LogP contribution in [0.4, 0.5) is 0 Å². The minimum Gasteiger partial charge on any atom is -0.361 e. The summed E-state index contributed by atoms with van der Waals surface area (Å²) in [5.74, 6) is -0.0927. The molecule has 0 radical (unpaired) electrons. The smallest absolute Gasteiger partial charge is 0.244 e. The lowest BCUT2D eigenvalue weighted by atomic mass is 10.1. The van der Waals surface area contributed by atoms with Crippen molar-refractivity contribution in [2.75, 3.05) is 6.54 Å². The van der Waals surface area contributed by atoms with Crippen LogP contribution in [0.2, 0.25) is 0 Å². The van der Waals surface area contributed by atoms with Gasteiger partial charge in [-0.15, -0.1) is 0 Å². The fourth-order valence-corrected chi connectivity index (χ4v) is 3.85. The van der Waals surface area contributed by atoms with Crippen LogP contribution in [0.25, 0.3) is 17.0 Å². The largest absolute Gasteiger partial charge is 0.361 e. The van der Waals surface area contributed by atoms with Gasteiger partial charge in [0, 0.05) is 41.0 Å². The molecule has 2 heterocycles. The number of nitrogens with one attached hydrogen (secondary N) is 2. The summed E-state index contributed by atoms with van der Waals surface area (Å²) in [6, 6.07) is 16.7. The molecule has 5 heteroatoms. The number of para-hydroxylation sites is 1. The molecule has 1 amide bonds. The summed E-state index contributed by atoms with van der Waals surface area (Å²) in [4.78, 5) is 15.6. The molecule has 4 rings (SSSR count). The highest BCUT2D eigenvalue weighted by atomic mass is 16.1. The Bertz CT molecular complexity index is 1230. The first-order valence-electron chi connectivity index (χ1n) is 10.6. The third-order valence-corrected chi connectivity index (χ3v) is 5.66. The second-order valence-electron chi connectivity index (χ2n) is 7.96. The Labute approximate surface area is 182 Å². The first kappa shape index (κ1) is 20.7. The lowest BCUT2D eigenvalue weighted by Gasteiger charge is -2.05. The number of carbonyl (C=O) groups is 1. The summed E-state index contributed by atoms with van der Waals surface area (Å²) in [6.07, 6.45) is 6.27. The summed E-state index contributed by atoms with van der Waals surface area (Å²) in [6.45, 7) is 7.42. The zero-order chi connectivity index (χ0) is 21.8. The van der Waals surface area contributed by atoms with Crippen molar-refractivity contribution in [3.63, 3.8) is 0 Å². The van der Waals surface area contributed by atoms with Crippen LogP contribution in [0.5, 0.6) is 0 Å². The second kappa shape index (κ2) is 9.04. The fourth-order valence-electron chi connectivity index (χ4n) is 3.85. The normalized spacial score (nSPS) is 11.5. The van der Waals surface area contributed by atoms with Crippen molar-refractivity contribution >= 4 is 22.9 Å². The van der Waals surface area contributed by atoms with Crippen LogP contribution in [0.1, 0.15) is 33.6 Å². The van der Waals surface area contributed by atoms with Gasteiger partial charge < -0.3 is 10.3 Å². The first-order chi connectivity index (χ1) is 15.0. The van der Waals surface area contributed by atoms with Gasteiger partial charge in [0.05, 0.1) is 12.2 Å². The zero-order valence-corrected chi connectivity index (χ0v) is 18.3. The monoisotopic (exact) mass is 412 g/mol. The minimum atomic E-state index is -0.0927. The van der Waals surface area contributed by atoms with E-state index in [4.69, 9.17) is 0 Å². The number of hydrogen-bond donors (Lipinski definition) is 2. The number of rotatable bonds is 7. The van der Waals surface area contributed by atoms with Crippen LogP contribution in [0.15, 0.2) is 60.8 Å². The van der Waals surface area contributed by atoms with Crippen molar-refractivity contribution in [2.45, 2.75) is 33.7 Å². The van der Waals surface area contributed by atoms with Crippen molar-refractivity contribution in [1.29, 1.82) is 0 Å². The molecule has 0 bridgehead atoms. The van der Waals surface area contributed by atoms with E-state index in [-0.39, 0.29) is 5.91 Å². The number of fused-ring (bicyclic) bond motifs is 1. The average molecular weight is 413 g/mol. The van der Waals surface area contributed by atoms with E-state index in [1.165, 1.54) is 22.1 Å². The molecular formula is C26H28N4O. The van der Waals surface area contributed by atoms with Gasteiger partial charge in [0.25, 0.3) is 0 Å². The number of hydrogen-bond acceptors (Lipinski definition) is 2. The predicted octanol–water partition coefficient (Wildman–Crippen LogP) is 4.71. The predicted molar refractivity (Wildman–Crippen MR) is 126 cm³/mol. The van der Waals surface area contributed by atoms with Crippen LogP contribution in [0, 0.1) is 20.8 Å². The summed E-state index contributed by atoms with van der Waals surface area (Å²) < 4.78 is 1.99. The quantitative estimate of drug-likeness (QED) is 0.432. The Balaban J connectivity index is 1.36. The molecule has 0 atom stereocenters. The third-order valence-electron chi connectivity index (χ3n) is 5.66. The Hall–Kier alpha value is -3.60. The number of nitrogens with zero attached hydrogens (tertiary/aromatic N) is 2. The zero-order valence-electron chi connectivity index (χ0n) is 18.3. The van der Waals surface area contributed by atoms with E-state index in [0.717, 1.165) is 35.4 Å². The Morgan fingerprint density at radius 3 is 2.68 bits per heavy atom. The van der Waals surface area contributed by atoms with Gasteiger partial charge in [-0.25, -0.2) is 0 Å². The molecule has 2 N–H and O–H groups in total. The lowest BCUT2D eigenvalue weighted by Crippen LogP contribution is -2.23. The van der Waals surface area contributed by atoms with Gasteiger partial charge in [0.15, 0.2) is 0 Å². The number of benzene rings is 2. The minimum absolute atomic E-state index is 0.0927. The van der Waals surface area contributed by atoms with Crippen molar-refractivity contribution < 1.29 is 4.79 Å². The van der Waals surface area contributed by atoms with Crippen LogP contribution < -0.4 is 5.32 Å². The van der Waals surface area contributed by atoms with E-state index in [9.17, 15) is 4.79 Å². The Morgan fingerprint density at radius 1 is 1.10 bits per heavy atom. The standard InChI is InChI=1S/C26H28N4O/c1-18-8-10-21(11-9-18)17-30-20(3)23(19(2)29-30)12-13-26(31)27-15-14-22-16-28-25-7-5-4-6-24(22)25/h4-13,16,28H,14-15,17H2,1-3H3,(H,27,31)/b13-12+. The van der Waals surface area contributed by atoms with Crippen LogP contribution in [0.3, 0.4) is 0 Å². The molecule has 4 aromatic rings. The summed E-state index contributed by atoms with van der Waals surface area (Å²) in [5.41, 5.74) is 7.77. The van der Waals surface area contributed by atoms with Crippen molar-refractivity contribution in [2.24, 2.45) is 0 Å². The number of H-pyrrole nitrogens is 1. The first-order valence-corrected chi connectivity index (χ1v) is 10.6. The second-order valence-corrected chi connectivity index (χ2v) is 7.96. The third kappa shape index (κ3) is 4.77. The maximum Gasteiger partial charge on any atom is 0.244 e. The van der Waals surface area contributed by atoms with Crippen molar-refractivity contribution in [1.82, 2.24) is 20.1 Å². The summed E-state index contributed by atoms with van der Waals surface area (Å²) in [7, 11) is 0. The van der Waals surface area contributed by atoms with Gasteiger partial charge >= 0.3 is 0 Å². The van der Waals surface area contributed by atoms with Gasteiger partial charge in [-0.05, 0) is 50.5 Å². The summed E-state index contributed by atoms with van der Waals surface area (Å²) in [5, 5.41) is 8.85. The molecule has 158 valence electrons. The number of aromatic amines is 1. The molecule has 2 aromatic carbocycles. The molecule has 0 unspecified atom stereocenters. The molecule has 0 aliphatic carbocycles. The van der Waals surface area contributed by atoms with Gasteiger partial charge in [0.2, 0.25) is 5.91 Å². The topological polar surface area (TPSA) is 62.7 Å². The van der Waals surface area contributed by atoms with Gasteiger partial charge in [-0.2, -0.15) is 5.10 Å². The molecule has 0 spiro atoms. The highest BCUT2D eigenvalue weighted by Crippen LogP contribution is 2.18. The summed E-state index contributed by atoms with van der Waals surface area (Å²) >= 11 is 0. The van der Waals surface area contributed by atoms with E-state index in [1.807, 2.05) is 42.9 Å². The molecular weight excluding hydrogens is 384 g/mol.